The molecule has 0 aromatic rings. The molecular weight excluding hydrogens is 296 g/mol. The van der Waals surface area contributed by atoms with Crippen LogP contribution in [0.1, 0.15) is 0 Å². The van der Waals surface area contributed by atoms with Gasteiger partial charge in [0, 0.05) is 0 Å². The first kappa shape index (κ1) is 11.3. The number of rotatable bonds is 2. The number of carbonyl (C=O) groups is 1. The minimum absolute atomic E-state index is 0.891. The highest BCUT2D eigenvalue weighted by Gasteiger charge is 2.31. The van der Waals surface area contributed by atoms with Gasteiger partial charge in [-0.25, -0.2) is 0 Å². The quantitative estimate of drug-likeness (QED) is 0.732. The van der Waals surface area contributed by atoms with E-state index in [0.29, 0.717) is 0 Å². The first-order valence-corrected chi connectivity index (χ1v) is 4.17. The lowest BCUT2D eigenvalue weighted by atomic mass is 10.1. The van der Waals surface area contributed by atoms with Crippen molar-refractivity contribution in [1.82, 2.24) is 0 Å². The summed E-state index contributed by atoms with van der Waals surface area (Å²) in [5.41, 5.74) is 0. The van der Waals surface area contributed by atoms with Crippen LogP contribution < -0.4 is 0 Å². The van der Waals surface area contributed by atoms with E-state index >= 15 is 0 Å². The van der Waals surface area contributed by atoms with Crippen LogP contribution in [0.3, 0.4) is 0 Å². The van der Waals surface area contributed by atoms with E-state index < -0.39 is 23.0 Å². The second-order valence-electron chi connectivity index (χ2n) is 1.52. The Labute approximate surface area is 77.5 Å². The minimum atomic E-state index is -4.47. The Hall–Kier alpha value is 0.285. The maximum Gasteiger partial charge on any atom is 0.425 e. The average molecular weight is 298 g/mol. The number of halogens is 5. The van der Waals surface area contributed by atoms with Crippen molar-refractivity contribution in [2.24, 2.45) is 0 Å². The number of hydrogen-bond donors (Lipinski definition) is 0. The summed E-state index contributed by atoms with van der Waals surface area (Å²) in [7, 11) is 0. The van der Waals surface area contributed by atoms with Crippen molar-refractivity contribution in [3.8, 4) is 0 Å². The molecule has 64 valence electrons. The van der Waals surface area contributed by atoms with Gasteiger partial charge in [-0.15, -0.1) is 31.5 Å². The number of ether oxygens (including phenoxy) is 1. The molecule has 0 heterocycles. The summed E-state index contributed by atoms with van der Waals surface area (Å²) in [6.45, 7) is -1.56. The van der Waals surface area contributed by atoms with E-state index in [1.807, 2.05) is 0 Å². The largest absolute Gasteiger partial charge is 0.462 e. The van der Waals surface area contributed by atoms with Crippen LogP contribution in [0.5, 0.6) is 0 Å². The summed E-state index contributed by atoms with van der Waals surface area (Å²) < 4.78 is 37.0. The summed E-state index contributed by atoms with van der Waals surface area (Å²) in [6.07, 6.45) is -4.47. The molecule has 0 aromatic heterocycles. The molecule has 0 rings (SSSR count). The molecule has 11 heavy (non-hydrogen) atoms. The van der Waals surface area contributed by atoms with Gasteiger partial charge in [0.15, 0.2) is 6.61 Å². The SMILES string of the molecule is O=C(OCC(F)(F)F)B(Br)Br. The second kappa shape index (κ2) is 4.35. The zero-order valence-electron chi connectivity index (χ0n) is 4.99. The van der Waals surface area contributed by atoms with Crippen LogP contribution in [-0.4, -0.2) is 23.0 Å². The van der Waals surface area contributed by atoms with E-state index in [2.05, 4.69) is 36.3 Å². The second-order valence-corrected chi connectivity index (χ2v) is 4.58. The molecule has 0 saturated carbocycles. The monoisotopic (exact) mass is 296 g/mol. The Kier molecular flexibility index (Phi) is 4.46. The van der Waals surface area contributed by atoms with E-state index in [0.717, 1.165) is 0 Å². The van der Waals surface area contributed by atoms with Crippen molar-refractivity contribution in [3.63, 3.8) is 0 Å². The van der Waals surface area contributed by atoms with Gasteiger partial charge in [-0.3, -0.25) is 4.79 Å². The first-order valence-electron chi connectivity index (χ1n) is 2.34. The van der Waals surface area contributed by atoms with Crippen LogP contribution in [0.25, 0.3) is 0 Å². The smallest absolute Gasteiger partial charge is 0.425 e. The Morgan fingerprint density at radius 3 is 2.18 bits per heavy atom. The molecule has 0 unspecified atom stereocenters. The van der Waals surface area contributed by atoms with Crippen molar-refractivity contribution < 1.29 is 22.7 Å². The van der Waals surface area contributed by atoms with Crippen LogP contribution in [0, 0.1) is 0 Å². The lowest BCUT2D eigenvalue weighted by Crippen LogP contribution is -2.23. The van der Waals surface area contributed by atoms with Crippen molar-refractivity contribution in [3.05, 3.63) is 0 Å². The topological polar surface area (TPSA) is 26.3 Å². The molecule has 0 aromatic carbocycles. The summed E-state index contributed by atoms with van der Waals surface area (Å²) in [6, 6.07) is 0. The first-order chi connectivity index (χ1) is 4.83. The van der Waals surface area contributed by atoms with Crippen LogP contribution in [-0.2, 0) is 4.74 Å². The molecule has 0 aliphatic heterocycles. The molecule has 0 N–H and O–H groups in total. The third-order valence-corrected chi connectivity index (χ3v) is 1.30. The van der Waals surface area contributed by atoms with Crippen molar-refractivity contribution >= 4 is 41.7 Å². The summed E-state index contributed by atoms with van der Waals surface area (Å²) in [5, 5.41) is 0. The van der Waals surface area contributed by atoms with Gasteiger partial charge >= 0.3 is 10.5 Å². The highest BCUT2D eigenvalue weighted by molar-refractivity contribution is 9.50. The van der Waals surface area contributed by atoms with Crippen LogP contribution in [0.4, 0.5) is 18.0 Å². The van der Waals surface area contributed by atoms with E-state index in [1.54, 1.807) is 0 Å². The molecule has 0 fully saturated rings. The maximum atomic E-state index is 11.4. The molecule has 8 heteroatoms. The highest BCUT2D eigenvalue weighted by Crippen LogP contribution is 2.16. The van der Waals surface area contributed by atoms with E-state index in [4.69, 9.17) is 0 Å². The molecule has 0 radical (unpaired) electrons. The molecule has 0 aliphatic carbocycles. The van der Waals surface area contributed by atoms with Crippen molar-refractivity contribution in [2.75, 3.05) is 6.61 Å². The van der Waals surface area contributed by atoms with Gasteiger partial charge < -0.3 is 4.74 Å². The molecular formula is C3H2BBr2F3O2. The fraction of sp³-hybridized carbons (Fsp3) is 0.667. The van der Waals surface area contributed by atoms with Gasteiger partial charge in [-0.1, -0.05) is 0 Å². The fourth-order valence-electron chi connectivity index (χ4n) is 0.216. The third kappa shape index (κ3) is 6.67. The molecule has 0 bridgehead atoms. The van der Waals surface area contributed by atoms with Crippen molar-refractivity contribution in [2.45, 2.75) is 6.18 Å². The van der Waals surface area contributed by atoms with Crippen LogP contribution in [0.15, 0.2) is 0 Å². The maximum absolute atomic E-state index is 11.4. The Morgan fingerprint density at radius 2 is 1.91 bits per heavy atom. The molecule has 0 aliphatic rings. The van der Waals surface area contributed by atoms with E-state index in [-0.39, 0.29) is 0 Å². The Morgan fingerprint density at radius 1 is 1.45 bits per heavy atom. The van der Waals surface area contributed by atoms with E-state index in [1.165, 1.54) is 0 Å². The summed E-state index contributed by atoms with van der Waals surface area (Å²) in [4.78, 5) is 10.4. The lowest BCUT2D eigenvalue weighted by molar-refractivity contribution is -0.158. The summed E-state index contributed by atoms with van der Waals surface area (Å²) >= 11 is 5.36. The van der Waals surface area contributed by atoms with Crippen molar-refractivity contribution in [1.29, 1.82) is 0 Å². The zero-order valence-corrected chi connectivity index (χ0v) is 8.16. The lowest BCUT2D eigenvalue weighted by Gasteiger charge is -2.06. The average Bonchev–Trinajstić information content (AvgIpc) is 1.80. The third-order valence-electron chi connectivity index (χ3n) is 0.556. The molecule has 0 spiro atoms. The van der Waals surface area contributed by atoms with Gasteiger partial charge in [-0.05, 0) is 0 Å². The van der Waals surface area contributed by atoms with Gasteiger partial charge in [-0.2, -0.15) is 13.2 Å². The number of carbonyl (C=O) groups excluding carboxylic acids is 1. The normalized spacial score (nSPS) is 11.0. The Balaban J connectivity index is 3.64. The molecule has 2 nitrogen and oxygen atoms in total. The molecule has 0 atom stereocenters. The number of hydrogen-bond acceptors (Lipinski definition) is 2. The van der Waals surface area contributed by atoms with E-state index in [9.17, 15) is 18.0 Å². The van der Waals surface area contributed by atoms with Crippen LogP contribution in [0.2, 0.25) is 0 Å². The minimum Gasteiger partial charge on any atom is -0.462 e. The standard InChI is InChI=1S/C3H2BBr2F3O2/c5-4(6)2(10)11-1-3(7,8)9/h1H2. The molecule has 0 amide bonds. The van der Waals surface area contributed by atoms with Gasteiger partial charge in [0.05, 0.1) is 0 Å². The number of alkyl halides is 3. The Bertz CT molecular complexity index is 148. The zero-order chi connectivity index (χ0) is 9.07. The van der Waals surface area contributed by atoms with Crippen LogP contribution >= 0.6 is 31.5 Å². The van der Waals surface area contributed by atoms with Gasteiger partial charge in [0.1, 0.15) is 0 Å². The molecule has 0 saturated heterocycles. The van der Waals surface area contributed by atoms with Gasteiger partial charge in [0.2, 0.25) is 0 Å². The fourth-order valence-corrected chi connectivity index (χ4v) is 0.480. The highest BCUT2D eigenvalue weighted by atomic mass is 79.9. The predicted molar refractivity (Wildman–Crippen MR) is 41.0 cm³/mol. The van der Waals surface area contributed by atoms with Gasteiger partial charge in [0.25, 0.3) is 5.87 Å². The summed E-state index contributed by atoms with van der Waals surface area (Å²) in [5.74, 6) is -0.998. The predicted octanol–water partition coefficient (Wildman–Crippen LogP) is 2.54.